The molecule has 16 heavy (non-hydrogen) atoms. The number of fused-ring (bicyclic) bond motifs is 1. The van der Waals surface area contributed by atoms with E-state index in [1.807, 2.05) is 0 Å². The topological polar surface area (TPSA) is 63.8 Å². The third-order valence-corrected chi connectivity index (χ3v) is 3.08. The maximum atomic E-state index is 8.90. The van der Waals surface area contributed by atoms with Gasteiger partial charge in [0.1, 0.15) is 11.4 Å². The van der Waals surface area contributed by atoms with E-state index in [-0.39, 0.29) is 6.61 Å². The van der Waals surface area contributed by atoms with Crippen molar-refractivity contribution in [1.82, 2.24) is 19.7 Å². The Balaban J connectivity index is 2.44. The molecule has 0 spiro atoms. The SMILES string of the molecule is CC(C)Sc1ncnc2c1cnn2CCO. The minimum Gasteiger partial charge on any atom is -0.394 e. The molecule has 6 heteroatoms. The Morgan fingerprint density at radius 2 is 2.25 bits per heavy atom. The van der Waals surface area contributed by atoms with E-state index in [4.69, 9.17) is 5.11 Å². The molecule has 0 saturated carbocycles. The van der Waals surface area contributed by atoms with Crippen molar-refractivity contribution in [3.63, 3.8) is 0 Å². The number of thioether (sulfide) groups is 1. The van der Waals surface area contributed by atoms with E-state index in [0.29, 0.717) is 11.8 Å². The molecule has 2 rings (SSSR count). The van der Waals surface area contributed by atoms with Crippen molar-refractivity contribution in [2.24, 2.45) is 0 Å². The molecule has 2 heterocycles. The van der Waals surface area contributed by atoms with Gasteiger partial charge in [-0.15, -0.1) is 11.8 Å². The maximum absolute atomic E-state index is 8.90. The van der Waals surface area contributed by atoms with Gasteiger partial charge in [0.05, 0.1) is 24.7 Å². The van der Waals surface area contributed by atoms with Crippen LogP contribution in [0.4, 0.5) is 0 Å². The van der Waals surface area contributed by atoms with Gasteiger partial charge in [-0.2, -0.15) is 5.10 Å². The predicted octanol–water partition coefficient (Wildman–Crippen LogP) is 1.32. The maximum Gasteiger partial charge on any atom is 0.162 e. The number of aliphatic hydroxyl groups excluding tert-OH is 1. The molecule has 86 valence electrons. The van der Waals surface area contributed by atoms with E-state index in [1.54, 1.807) is 29.0 Å². The number of rotatable bonds is 4. The zero-order chi connectivity index (χ0) is 11.5. The quantitative estimate of drug-likeness (QED) is 0.643. The van der Waals surface area contributed by atoms with Crippen molar-refractivity contribution >= 4 is 22.8 Å². The Morgan fingerprint density at radius 1 is 1.44 bits per heavy atom. The monoisotopic (exact) mass is 238 g/mol. The largest absolute Gasteiger partial charge is 0.394 e. The van der Waals surface area contributed by atoms with E-state index >= 15 is 0 Å². The average molecular weight is 238 g/mol. The summed E-state index contributed by atoms with van der Waals surface area (Å²) in [5.74, 6) is 0. The summed E-state index contributed by atoms with van der Waals surface area (Å²) in [5, 5.41) is 15.5. The molecule has 5 nitrogen and oxygen atoms in total. The lowest BCUT2D eigenvalue weighted by molar-refractivity contribution is 0.271. The second-order valence-corrected chi connectivity index (χ2v) is 5.24. The van der Waals surface area contributed by atoms with Crippen molar-refractivity contribution in [3.05, 3.63) is 12.5 Å². The molecule has 0 unspecified atom stereocenters. The lowest BCUT2D eigenvalue weighted by atomic mass is 10.4. The lowest BCUT2D eigenvalue weighted by Gasteiger charge is -2.04. The van der Waals surface area contributed by atoms with Crippen LogP contribution in [-0.4, -0.2) is 36.7 Å². The number of hydrogen-bond acceptors (Lipinski definition) is 5. The molecule has 0 atom stereocenters. The van der Waals surface area contributed by atoms with Crippen molar-refractivity contribution in [2.45, 2.75) is 30.7 Å². The summed E-state index contributed by atoms with van der Waals surface area (Å²) in [6.07, 6.45) is 3.30. The van der Waals surface area contributed by atoms with Gasteiger partial charge in [-0.25, -0.2) is 14.6 Å². The number of aliphatic hydroxyl groups is 1. The molecule has 0 radical (unpaired) electrons. The van der Waals surface area contributed by atoms with Gasteiger partial charge in [-0.3, -0.25) is 0 Å². The molecule has 0 aromatic carbocycles. The second kappa shape index (κ2) is 4.80. The Kier molecular flexibility index (Phi) is 3.40. The fraction of sp³-hybridized carbons (Fsp3) is 0.500. The molecule has 0 aliphatic rings. The van der Waals surface area contributed by atoms with E-state index in [2.05, 4.69) is 28.9 Å². The van der Waals surface area contributed by atoms with E-state index in [1.165, 1.54) is 0 Å². The van der Waals surface area contributed by atoms with Gasteiger partial charge >= 0.3 is 0 Å². The summed E-state index contributed by atoms with van der Waals surface area (Å²) in [6, 6.07) is 0. The van der Waals surface area contributed by atoms with E-state index in [0.717, 1.165) is 16.1 Å². The minimum absolute atomic E-state index is 0.0629. The summed E-state index contributed by atoms with van der Waals surface area (Å²) in [4.78, 5) is 8.45. The Labute approximate surface area is 97.9 Å². The molecule has 2 aromatic rings. The van der Waals surface area contributed by atoms with Gasteiger partial charge in [0.25, 0.3) is 0 Å². The van der Waals surface area contributed by atoms with Gasteiger partial charge in [0, 0.05) is 5.25 Å². The van der Waals surface area contributed by atoms with Gasteiger partial charge in [-0.1, -0.05) is 13.8 Å². The molecular formula is C10H14N4OS. The molecule has 0 amide bonds. The van der Waals surface area contributed by atoms with Crippen molar-refractivity contribution in [2.75, 3.05) is 6.61 Å². The second-order valence-electron chi connectivity index (χ2n) is 3.67. The first-order chi connectivity index (χ1) is 7.72. The first kappa shape index (κ1) is 11.3. The van der Waals surface area contributed by atoms with Crippen LogP contribution in [0.1, 0.15) is 13.8 Å². The Bertz CT molecular complexity index is 483. The summed E-state index contributed by atoms with van der Waals surface area (Å²) in [6.45, 7) is 4.77. The summed E-state index contributed by atoms with van der Waals surface area (Å²) in [5.41, 5.74) is 0.784. The number of aromatic nitrogens is 4. The molecular weight excluding hydrogens is 224 g/mol. The highest BCUT2D eigenvalue weighted by atomic mass is 32.2. The first-order valence-corrected chi connectivity index (χ1v) is 6.04. The van der Waals surface area contributed by atoms with Crippen molar-refractivity contribution in [1.29, 1.82) is 0 Å². The molecule has 0 bridgehead atoms. The van der Waals surface area contributed by atoms with Crippen LogP contribution >= 0.6 is 11.8 Å². The minimum atomic E-state index is 0.0629. The third kappa shape index (κ3) is 2.17. The van der Waals surface area contributed by atoms with Crippen LogP contribution in [0.25, 0.3) is 11.0 Å². The van der Waals surface area contributed by atoms with Gasteiger partial charge < -0.3 is 5.11 Å². The first-order valence-electron chi connectivity index (χ1n) is 5.16. The third-order valence-electron chi connectivity index (χ3n) is 2.06. The van der Waals surface area contributed by atoms with Gasteiger partial charge in [-0.05, 0) is 0 Å². The normalized spacial score (nSPS) is 11.5. The van der Waals surface area contributed by atoms with Crippen LogP contribution in [0.3, 0.4) is 0 Å². The molecule has 0 saturated heterocycles. The number of hydrogen-bond donors (Lipinski definition) is 1. The zero-order valence-electron chi connectivity index (χ0n) is 9.29. The van der Waals surface area contributed by atoms with E-state index < -0.39 is 0 Å². The molecule has 0 aliphatic carbocycles. The average Bonchev–Trinajstić information content (AvgIpc) is 2.63. The summed E-state index contributed by atoms with van der Waals surface area (Å²) in [7, 11) is 0. The van der Waals surface area contributed by atoms with Gasteiger partial charge in [0.2, 0.25) is 0 Å². The predicted molar refractivity (Wildman–Crippen MR) is 63.4 cm³/mol. The highest BCUT2D eigenvalue weighted by molar-refractivity contribution is 8.00. The zero-order valence-corrected chi connectivity index (χ0v) is 10.1. The van der Waals surface area contributed by atoms with Crippen molar-refractivity contribution < 1.29 is 5.11 Å². The summed E-state index contributed by atoms with van der Waals surface area (Å²) < 4.78 is 1.70. The fourth-order valence-electron chi connectivity index (χ4n) is 1.45. The van der Waals surface area contributed by atoms with E-state index in [9.17, 15) is 0 Å². The summed E-state index contributed by atoms with van der Waals surface area (Å²) >= 11 is 1.69. The van der Waals surface area contributed by atoms with Crippen LogP contribution in [0.5, 0.6) is 0 Å². The van der Waals surface area contributed by atoms with Crippen LogP contribution in [0.15, 0.2) is 17.6 Å². The van der Waals surface area contributed by atoms with Gasteiger partial charge in [0.15, 0.2) is 5.65 Å². The van der Waals surface area contributed by atoms with Crippen molar-refractivity contribution in [3.8, 4) is 0 Å². The number of nitrogens with zero attached hydrogens (tertiary/aromatic N) is 4. The standard InChI is InChI=1S/C10H14N4OS/c1-7(2)16-10-8-5-13-14(3-4-15)9(8)11-6-12-10/h5-7,15H,3-4H2,1-2H3. The molecule has 2 aromatic heterocycles. The molecule has 0 aliphatic heterocycles. The fourth-order valence-corrected chi connectivity index (χ4v) is 2.27. The highest BCUT2D eigenvalue weighted by Crippen LogP contribution is 2.27. The highest BCUT2D eigenvalue weighted by Gasteiger charge is 2.10. The Hall–Kier alpha value is -1.14. The Morgan fingerprint density at radius 3 is 2.94 bits per heavy atom. The van der Waals surface area contributed by atoms with Crippen LogP contribution in [0.2, 0.25) is 0 Å². The van der Waals surface area contributed by atoms with Crippen LogP contribution < -0.4 is 0 Å². The molecule has 0 fully saturated rings. The lowest BCUT2D eigenvalue weighted by Crippen LogP contribution is -2.04. The molecule has 1 N–H and O–H groups in total. The van der Waals surface area contributed by atoms with Crippen LogP contribution in [-0.2, 0) is 6.54 Å². The van der Waals surface area contributed by atoms with Crippen LogP contribution in [0, 0.1) is 0 Å². The smallest absolute Gasteiger partial charge is 0.162 e.